The lowest BCUT2D eigenvalue weighted by molar-refractivity contribution is 0.0678. The zero-order chi connectivity index (χ0) is 19.2. The summed E-state index contributed by atoms with van der Waals surface area (Å²) in [6.45, 7) is 5.83. The Morgan fingerprint density at radius 1 is 0.929 bits per heavy atom. The van der Waals surface area contributed by atoms with E-state index in [1.165, 1.54) is 11.1 Å². The lowest BCUT2D eigenvalue weighted by atomic mass is 10.0. The first-order valence-electron chi connectivity index (χ1n) is 9.94. The molecule has 1 atom stereocenters. The molecule has 0 amide bonds. The van der Waals surface area contributed by atoms with Crippen LogP contribution in [0.15, 0.2) is 73.1 Å². The summed E-state index contributed by atoms with van der Waals surface area (Å²) in [6.07, 6.45) is 4.07. The van der Waals surface area contributed by atoms with Crippen LogP contribution < -0.4 is 4.74 Å². The van der Waals surface area contributed by atoms with Crippen molar-refractivity contribution in [2.75, 3.05) is 32.8 Å². The van der Waals surface area contributed by atoms with Gasteiger partial charge in [-0.1, -0.05) is 48.5 Å². The van der Waals surface area contributed by atoms with E-state index in [0.717, 1.165) is 38.5 Å². The average Bonchev–Trinajstić information content (AvgIpc) is 3.15. The molecule has 2 aromatic carbocycles. The number of nitrogens with zero attached hydrogens (tertiary/aromatic N) is 4. The topological polar surface area (TPSA) is 33.5 Å². The van der Waals surface area contributed by atoms with E-state index >= 15 is 0 Å². The van der Waals surface area contributed by atoms with E-state index in [9.17, 15) is 0 Å². The molecular formula is C23H28N4O. The SMILES string of the molecule is Cn1cc(CN2CCN(C(COc3ccccc3)c3ccccc3)CC2)cn1. The summed E-state index contributed by atoms with van der Waals surface area (Å²) in [4.78, 5) is 5.06. The van der Waals surface area contributed by atoms with Gasteiger partial charge in [-0.2, -0.15) is 5.10 Å². The van der Waals surface area contributed by atoms with Crippen molar-refractivity contribution in [3.63, 3.8) is 0 Å². The lowest BCUT2D eigenvalue weighted by Crippen LogP contribution is -2.48. The largest absolute Gasteiger partial charge is 0.492 e. The fraction of sp³-hybridized carbons (Fsp3) is 0.348. The maximum atomic E-state index is 6.13. The molecule has 0 radical (unpaired) electrons. The smallest absolute Gasteiger partial charge is 0.119 e. The fourth-order valence-corrected chi connectivity index (χ4v) is 3.82. The molecule has 5 heteroatoms. The van der Waals surface area contributed by atoms with Gasteiger partial charge in [-0.15, -0.1) is 0 Å². The molecule has 0 N–H and O–H groups in total. The minimum absolute atomic E-state index is 0.266. The normalized spacial score (nSPS) is 16.8. The van der Waals surface area contributed by atoms with Crippen molar-refractivity contribution in [1.82, 2.24) is 19.6 Å². The molecule has 4 rings (SSSR count). The molecular weight excluding hydrogens is 348 g/mol. The van der Waals surface area contributed by atoms with Crippen molar-refractivity contribution in [2.45, 2.75) is 12.6 Å². The van der Waals surface area contributed by atoms with Crippen LogP contribution in [0.3, 0.4) is 0 Å². The molecule has 5 nitrogen and oxygen atoms in total. The molecule has 0 bridgehead atoms. The minimum atomic E-state index is 0.266. The number of aryl methyl sites for hydroxylation is 1. The molecule has 1 saturated heterocycles. The number of hydrogen-bond acceptors (Lipinski definition) is 4. The molecule has 3 aromatic rings. The molecule has 2 heterocycles. The minimum Gasteiger partial charge on any atom is -0.492 e. The molecule has 1 aromatic heterocycles. The summed E-state index contributed by atoms with van der Waals surface area (Å²) >= 11 is 0. The van der Waals surface area contributed by atoms with Gasteiger partial charge in [0.05, 0.1) is 12.2 Å². The highest BCUT2D eigenvalue weighted by atomic mass is 16.5. The average molecular weight is 377 g/mol. The van der Waals surface area contributed by atoms with Crippen molar-refractivity contribution in [3.05, 3.63) is 84.2 Å². The first-order chi connectivity index (χ1) is 13.8. The van der Waals surface area contributed by atoms with E-state index in [0.29, 0.717) is 6.61 Å². The number of benzene rings is 2. The fourth-order valence-electron chi connectivity index (χ4n) is 3.82. The van der Waals surface area contributed by atoms with Gasteiger partial charge in [0.1, 0.15) is 12.4 Å². The van der Waals surface area contributed by atoms with Crippen molar-refractivity contribution < 1.29 is 4.74 Å². The van der Waals surface area contributed by atoms with Gasteiger partial charge in [0.2, 0.25) is 0 Å². The molecule has 0 spiro atoms. The molecule has 0 aliphatic carbocycles. The van der Waals surface area contributed by atoms with Crippen LogP contribution in [0, 0.1) is 0 Å². The summed E-state index contributed by atoms with van der Waals surface area (Å²) in [5.41, 5.74) is 2.60. The van der Waals surface area contributed by atoms with Crippen molar-refractivity contribution >= 4 is 0 Å². The Labute approximate surface area is 167 Å². The number of ether oxygens (including phenoxy) is 1. The Morgan fingerprint density at radius 2 is 1.61 bits per heavy atom. The second-order valence-corrected chi connectivity index (χ2v) is 7.38. The summed E-state index contributed by atoms with van der Waals surface area (Å²) in [5.74, 6) is 0.929. The van der Waals surface area contributed by atoms with E-state index in [4.69, 9.17) is 4.74 Å². The Hall–Kier alpha value is -2.63. The predicted molar refractivity (Wildman–Crippen MR) is 111 cm³/mol. The summed E-state index contributed by atoms with van der Waals surface area (Å²) in [7, 11) is 1.97. The number of rotatable bonds is 7. The van der Waals surface area contributed by atoms with Gasteiger partial charge in [0.15, 0.2) is 0 Å². The first-order valence-corrected chi connectivity index (χ1v) is 9.94. The summed E-state index contributed by atoms with van der Waals surface area (Å²) in [5, 5.41) is 4.28. The summed E-state index contributed by atoms with van der Waals surface area (Å²) in [6, 6.07) is 21.1. The molecule has 146 valence electrons. The maximum Gasteiger partial charge on any atom is 0.119 e. The number of aromatic nitrogens is 2. The number of hydrogen-bond donors (Lipinski definition) is 0. The van der Waals surface area contributed by atoms with Crippen LogP contribution in [-0.4, -0.2) is 52.4 Å². The zero-order valence-corrected chi connectivity index (χ0v) is 16.4. The highest BCUT2D eigenvalue weighted by Crippen LogP contribution is 2.24. The zero-order valence-electron chi connectivity index (χ0n) is 16.4. The maximum absolute atomic E-state index is 6.13. The van der Waals surface area contributed by atoms with E-state index < -0.39 is 0 Å². The van der Waals surface area contributed by atoms with Gasteiger partial charge in [-0.25, -0.2) is 0 Å². The van der Waals surface area contributed by atoms with Crippen LogP contribution >= 0.6 is 0 Å². The summed E-state index contributed by atoms with van der Waals surface area (Å²) < 4.78 is 8.01. The third-order valence-corrected chi connectivity index (χ3v) is 5.35. The van der Waals surface area contributed by atoms with Crippen molar-refractivity contribution in [1.29, 1.82) is 0 Å². The van der Waals surface area contributed by atoms with Gasteiger partial charge in [0, 0.05) is 51.5 Å². The van der Waals surface area contributed by atoms with Crippen LogP contribution in [0.25, 0.3) is 0 Å². The van der Waals surface area contributed by atoms with Crippen LogP contribution in [0.2, 0.25) is 0 Å². The second kappa shape index (κ2) is 9.04. The molecule has 1 unspecified atom stereocenters. The van der Waals surface area contributed by atoms with Gasteiger partial charge < -0.3 is 4.74 Å². The quantitative estimate of drug-likeness (QED) is 0.633. The van der Waals surface area contributed by atoms with Gasteiger partial charge in [0.25, 0.3) is 0 Å². The van der Waals surface area contributed by atoms with Crippen molar-refractivity contribution in [2.24, 2.45) is 7.05 Å². The molecule has 1 fully saturated rings. The molecule has 1 aliphatic heterocycles. The van der Waals surface area contributed by atoms with Crippen LogP contribution in [0.5, 0.6) is 5.75 Å². The van der Waals surface area contributed by atoms with Gasteiger partial charge in [-0.05, 0) is 17.7 Å². The van der Waals surface area contributed by atoms with Crippen LogP contribution in [0.1, 0.15) is 17.2 Å². The highest BCUT2D eigenvalue weighted by Gasteiger charge is 2.25. The number of para-hydroxylation sites is 1. The van der Waals surface area contributed by atoms with E-state index in [-0.39, 0.29) is 6.04 Å². The van der Waals surface area contributed by atoms with E-state index in [2.05, 4.69) is 51.4 Å². The Balaban J connectivity index is 1.39. The lowest BCUT2D eigenvalue weighted by Gasteiger charge is -2.39. The van der Waals surface area contributed by atoms with Crippen molar-refractivity contribution in [3.8, 4) is 5.75 Å². The van der Waals surface area contributed by atoms with E-state index in [1.54, 1.807) is 0 Å². The monoisotopic (exact) mass is 376 g/mol. The number of piperazine rings is 1. The Bertz CT molecular complexity index is 841. The molecule has 1 aliphatic rings. The highest BCUT2D eigenvalue weighted by molar-refractivity contribution is 5.23. The predicted octanol–water partition coefficient (Wildman–Crippen LogP) is 3.36. The first kappa shape index (κ1) is 18.7. The standard InChI is InChI=1S/C23H28N4O/c1-25-17-20(16-24-25)18-26-12-14-27(15-13-26)23(21-8-4-2-5-9-21)19-28-22-10-6-3-7-11-22/h2-11,16-17,23H,12-15,18-19H2,1H3. The molecule has 28 heavy (non-hydrogen) atoms. The van der Waals surface area contributed by atoms with Gasteiger partial charge in [-0.3, -0.25) is 14.5 Å². The Kier molecular flexibility index (Phi) is 6.04. The third-order valence-electron chi connectivity index (χ3n) is 5.35. The van der Waals surface area contributed by atoms with Crippen LogP contribution in [-0.2, 0) is 13.6 Å². The Morgan fingerprint density at radius 3 is 2.25 bits per heavy atom. The van der Waals surface area contributed by atoms with E-state index in [1.807, 2.05) is 48.3 Å². The van der Waals surface area contributed by atoms with Crippen LogP contribution in [0.4, 0.5) is 0 Å². The second-order valence-electron chi connectivity index (χ2n) is 7.38. The third kappa shape index (κ3) is 4.80. The van der Waals surface area contributed by atoms with Gasteiger partial charge >= 0.3 is 0 Å². The molecule has 0 saturated carbocycles.